The fourth-order valence-electron chi connectivity index (χ4n) is 4.06. The number of ether oxygens (including phenoxy) is 1. The highest BCUT2D eigenvalue weighted by molar-refractivity contribution is 5.85. The number of aliphatic hydroxyl groups is 1. The van der Waals surface area contributed by atoms with Gasteiger partial charge in [0.05, 0.1) is 18.2 Å². The number of benzene rings is 1. The highest BCUT2D eigenvalue weighted by atomic mass is 16.5. The first-order chi connectivity index (χ1) is 13.3. The third-order valence-electron chi connectivity index (χ3n) is 5.76. The predicted octanol–water partition coefficient (Wildman–Crippen LogP) is 2.06. The number of piperazine rings is 1. The summed E-state index contributed by atoms with van der Waals surface area (Å²) in [6.07, 6.45) is 1.67. The second kappa shape index (κ2) is 8.60. The first-order valence-corrected chi connectivity index (χ1v) is 10.1. The van der Waals surface area contributed by atoms with Crippen molar-refractivity contribution in [3.8, 4) is 11.8 Å². The molecule has 2 heterocycles. The largest absolute Gasteiger partial charge is 0.491 e. The number of carbonyl (C=O) groups is 1. The molecule has 0 saturated carbocycles. The number of nitriles is 1. The van der Waals surface area contributed by atoms with Gasteiger partial charge in [-0.1, -0.05) is 20.8 Å². The van der Waals surface area contributed by atoms with Gasteiger partial charge in [0.1, 0.15) is 18.5 Å². The third kappa shape index (κ3) is 5.11. The fraction of sp³-hybridized carbons (Fsp3) is 0.636. The third-order valence-corrected chi connectivity index (χ3v) is 5.76. The van der Waals surface area contributed by atoms with Gasteiger partial charge in [0.25, 0.3) is 0 Å². The van der Waals surface area contributed by atoms with Crippen LogP contribution in [0, 0.1) is 16.7 Å². The van der Waals surface area contributed by atoms with Crippen molar-refractivity contribution < 1.29 is 14.6 Å². The molecule has 3 unspecified atom stereocenters. The van der Waals surface area contributed by atoms with E-state index in [1.165, 1.54) is 0 Å². The molecule has 2 bridgehead atoms. The number of ketones is 1. The molecule has 1 N–H and O–H groups in total. The summed E-state index contributed by atoms with van der Waals surface area (Å²) in [5, 5.41) is 19.3. The SMILES string of the molecule is CC(C)(C)C(=O)CN1CC2CCC(C1)N2CC(O)COc1ccc(C#N)cc1. The second-order valence-electron chi connectivity index (χ2n) is 9.05. The molecule has 0 radical (unpaired) electrons. The molecule has 2 aliphatic rings. The lowest BCUT2D eigenvalue weighted by molar-refractivity contribution is -0.128. The van der Waals surface area contributed by atoms with E-state index in [9.17, 15) is 9.90 Å². The predicted molar refractivity (Wildman–Crippen MR) is 107 cm³/mol. The Morgan fingerprint density at radius 1 is 1.25 bits per heavy atom. The molecule has 3 rings (SSSR count). The zero-order valence-corrected chi connectivity index (χ0v) is 17.1. The maximum atomic E-state index is 12.4. The van der Waals surface area contributed by atoms with Crippen LogP contribution in [0.15, 0.2) is 24.3 Å². The molecule has 0 aliphatic carbocycles. The fourth-order valence-corrected chi connectivity index (χ4v) is 4.06. The molecule has 3 atom stereocenters. The maximum Gasteiger partial charge on any atom is 0.152 e. The van der Waals surface area contributed by atoms with Crippen molar-refractivity contribution in [3.63, 3.8) is 0 Å². The number of likely N-dealkylation sites (tertiary alicyclic amines) is 1. The number of fused-ring (bicyclic) bond motifs is 2. The van der Waals surface area contributed by atoms with Crippen LogP contribution in [0.3, 0.4) is 0 Å². The second-order valence-corrected chi connectivity index (χ2v) is 9.05. The Kier molecular flexibility index (Phi) is 6.39. The molecule has 0 spiro atoms. The molecular formula is C22H31N3O3. The van der Waals surface area contributed by atoms with Crippen LogP contribution in [0.25, 0.3) is 0 Å². The van der Waals surface area contributed by atoms with Crippen LogP contribution in [0.1, 0.15) is 39.2 Å². The molecule has 28 heavy (non-hydrogen) atoms. The monoisotopic (exact) mass is 385 g/mol. The Bertz CT molecular complexity index is 706. The Morgan fingerprint density at radius 2 is 1.86 bits per heavy atom. The van der Waals surface area contributed by atoms with E-state index in [-0.39, 0.29) is 17.8 Å². The van der Waals surface area contributed by atoms with E-state index in [0.29, 0.717) is 36.5 Å². The van der Waals surface area contributed by atoms with Crippen molar-refractivity contribution in [1.29, 1.82) is 5.26 Å². The summed E-state index contributed by atoms with van der Waals surface area (Å²) in [4.78, 5) is 17.0. The van der Waals surface area contributed by atoms with Crippen LogP contribution in [0.4, 0.5) is 0 Å². The van der Waals surface area contributed by atoms with Gasteiger partial charge >= 0.3 is 0 Å². The number of nitrogens with zero attached hydrogens (tertiary/aromatic N) is 3. The zero-order valence-electron chi connectivity index (χ0n) is 17.1. The summed E-state index contributed by atoms with van der Waals surface area (Å²) in [7, 11) is 0. The van der Waals surface area contributed by atoms with Crippen molar-refractivity contribution >= 4 is 5.78 Å². The first kappa shape index (κ1) is 20.8. The quantitative estimate of drug-likeness (QED) is 0.774. The molecule has 6 heteroatoms. The molecule has 0 aromatic heterocycles. The Balaban J connectivity index is 1.47. The average molecular weight is 386 g/mol. The van der Waals surface area contributed by atoms with Gasteiger partial charge in [-0.05, 0) is 37.1 Å². The molecular weight excluding hydrogens is 354 g/mol. The van der Waals surface area contributed by atoms with E-state index in [0.717, 1.165) is 25.9 Å². The summed E-state index contributed by atoms with van der Waals surface area (Å²) in [5.74, 6) is 0.947. The number of Topliss-reactive ketones (excluding diaryl/α,β-unsaturated/α-hetero) is 1. The summed E-state index contributed by atoms with van der Waals surface area (Å²) < 4.78 is 5.67. The van der Waals surface area contributed by atoms with Crippen molar-refractivity contribution in [2.75, 3.05) is 32.8 Å². The van der Waals surface area contributed by atoms with Gasteiger partial charge in [-0.3, -0.25) is 14.6 Å². The standard InChI is InChI=1S/C22H31N3O3/c1-22(2,3)21(27)14-24-11-17-6-7-18(12-24)25(17)13-19(26)15-28-20-8-4-16(10-23)5-9-20/h4-5,8-9,17-19,26H,6-7,11-15H2,1-3H3. The molecule has 152 valence electrons. The number of hydrogen-bond donors (Lipinski definition) is 1. The van der Waals surface area contributed by atoms with E-state index in [2.05, 4.69) is 15.9 Å². The molecule has 1 aromatic rings. The number of hydrogen-bond acceptors (Lipinski definition) is 6. The Hall–Kier alpha value is -1.94. The number of carbonyl (C=O) groups excluding carboxylic acids is 1. The normalized spacial score (nSPS) is 24.0. The summed E-state index contributed by atoms with van der Waals surface area (Å²) in [6, 6.07) is 9.79. The van der Waals surface area contributed by atoms with Gasteiger partial charge < -0.3 is 9.84 Å². The summed E-state index contributed by atoms with van der Waals surface area (Å²) >= 11 is 0. The highest BCUT2D eigenvalue weighted by Gasteiger charge is 2.41. The van der Waals surface area contributed by atoms with Gasteiger partial charge in [0.2, 0.25) is 0 Å². The average Bonchev–Trinajstić information content (AvgIpc) is 2.88. The Labute approximate surface area is 167 Å². The lowest BCUT2D eigenvalue weighted by Gasteiger charge is -2.42. The molecule has 2 saturated heterocycles. The first-order valence-electron chi connectivity index (χ1n) is 10.1. The van der Waals surface area contributed by atoms with Gasteiger partial charge in [-0.15, -0.1) is 0 Å². The van der Waals surface area contributed by atoms with E-state index in [1.807, 2.05) is 20.8 Å². The molecule has 1 aromatic carbocycles. The van der Waals surface area contributed by atoms with Gasteiger partial charge in [-0.2, -0.15) is 5.26 Å². The summed E-state index contributed by atoms with van der Waals surface area (Å²) in [6.45, 7) is 9.05. The molecule has 0 amide bonds. The summed E-state index contributed by atoms with van der Waals surface area (Å²) in [5.41, 5.74) is 0.294. The smallest absolute Gasteiger partial charge is 0.152 e. The van der Waals surface area contributed by atoms with Gasteiger partial charge in [0.15, 0.2) is 5.78 Å². The highest BCUT2D eigenvalue weighted by Crippen LogP contribution is 2.30. The van der Waals surface area contributed by atoms with Crippen LogP contribution in [0.2, 0.25) is 0 Å². The van der Waals surface area contributed by atoms with Crippen molar-refractivity contribution in [1.82, 2.24) is 9.80 Å². The van der Waals surface area contributed by atoms with Crippen LogP contribution in [-0.4, -0.2) is 71.7 Å². The van der Waals surface area contributed by atoms with Crippen LogP contribution >= 0.6 is 0 Å². The maximum absolute atomic E-state index is 12.4. The van der Waals surface area contributed by atoms with Crippen molar-refractivity contribution in [3.05, 3.63) is 29.8 Å². The van der Waals surface area contributed by atoms with Crippen LogP contribution in [-0.2, 0) is 4.79 Å². The van der Waals surface area contributed by atoms with E-state index >= 15 is 0 Å². The van der Waals surface area contributed by atoms with Gasteiger partial charge in [-0.25, -0.2) is 0 Å². The zero-order chi connectivity index (χ0) is 20.3. The van der Waals surface area contributed by atoms with Crippen molar-refractivity contribution in [2.24, 2.45) is 5.41 Å². The van der Waals surface area contributed by atoms with Crippen LogP contribution in [0.5, 0.6) is 5.75 Å². The Morgan fingerprint density at radius 3 is 2.39 bits per heavy atom. The molecule has 2 fully saturated rings. The lowest BCUT2D eigenvalue weighted by atomic mass is 9.90. The van der Waals surface area contributed by atoms with Crippen molar-refractivity contribution in [2.45, 2.75) is 51.8 Å². The minimum absolute atomic E-state index is 0.230. The number of rotatable bonds is 7. The van der Waals surface area contributed by atoms with Crippen LogP contribution < -0.4 is 4.74 Å². The van der Waals surface area contributed by atoms with E-state index in [4.69, 9.17) is 10.00 Å². The van der Waals surface area contributed by atoms with E-state index < -0.39 is 6.10 Å². The minimum Gasteiger partial charge on any atom is -0.491 e. The lowest BCUT2D eigenvalue weighted by Crippen LogP contribution is -2.57. The minimum atomic E-state index is -0.568. The topological polar surface area (TPSA) is 76.8 Å². The van der Waals surface area contributed by atoms with Gasteiger partial charge in [0, 0.05) is 37.1 Å². The molecule has 6 nitrogen and oxygen atoms in total. The number of aliphatic hydroxyl groups excluding tert-OH is 1. The van der Waals surface area contributed by atoms with E-state index in [1.54, 1.807) is 24.3 Å². The molecule has 2 aliphatic heterocycles.